The van der Waals surface area contributed by atoms with E-state index in [4.69, 9.17) is 14.6 Å². The molecule has 0 fully saturated rings. The van der Waals surface area contributed by atoms with Gasteiger partial charge >= 0.3 is 0 Å². The first-order chi connectivity index (χ1) is 8.66. The first-order valence-electron chi connectivity index (χ1n) is 6.89. The highest BCUT2D eigenvalue weighted by Crippen LogP contribution is 1.90. The summed E-state index contributed by atoms with van der Waals surface area (Å²) in [6.07, 6.45) is 2.10. The maximum absolute atomic E-state index is 9.56. The Labute approximate surface area is 110 Å². The van der Waals surface area contributed by atoms with Gasteiger partial charge in [0.2, 0.25) is 0 Å². The minimum absolute atomic E-state index is 0.300. The zero-order valence-electron chi connectivity index (χ0n) is 11.7. The topological polar surface area (TPSA) is 71.0 Å². The molecule has 2 unspecified atom stereocenters. The molecular formula is C13H29NO4. The van der Waals surface area contributed by atoms with Crippen molar-refractivity contribution in [1.82, 2.24) is 5.32 Å². The van der Waals surface area contributed by atoms with Crippen LogP contribution in [0.25, 0.3) is 0 Å². The number of hydrogen-bond acceptors (Lipinski definition) is 5. The Morgan fingerprint density at radius 1 is 1.11 bits per heavy atom. The molecule has 0 saturated carbocycles. The van der Waals surface area contributed by atoms with Crippen LogP contribution in [0.1, 0.15) is 33.1 Å². The van der Waals surface area contributed by atoms with Crippen LogP contribution in [0.2, 0.25) is 0 Å². The fraction of sp³-hybridized carbons (Fsp3) is 1.00. The smallest absolute Gasteiger partial charge is 0.0897 e. The minimum atomic E-state index is -0.505. The van der Waals surface area contributed by atoms with E-state index in [0.29, 0.717) is 39.3 Å². The standard InChI is InChI=1S/C13H29NO4/c1-3-4-7-17-8-9-18-11-13(16)10-14-6-5-12(2)15/h12-16H,3-11H2,1-2H3. The van der Waals surface area contributed by atoms with Crippen molar-refractivity contribution in [2.24, 2.45) is 0 Å². The van der Waals surface area contributed by atoms with E-state index in [1.165, 1.54) is 0 Å². The summed E-state index contributed by atoms with van der Waals surface area (Å²) < 4.78 is 10.6. The first-order valence-corrected chi connectivity index (χ1v) is 6.89. The summed E-state index contributed by atoms with van der Waals surface area (Å²) in [5.41, 5.74) is 0. The van der Waals surface area contributed by atoms with Gasteiger partial charge in [0.15, 0.2) is 0 Å². The largest absolute Gasteiger partial charge is 0.393 e. The molecule has 0 amide bonds. The number of nitrogens with one attached hydrogen (secondary N) is 1. The number of hydrogen-bond donors (Lipinski definition) is 3. The summed E-state index contributed by atoms with van der Waals surface area (Å²) in [6, 6.07) is 0. The Hall–Kier alpha value is -0.200. The molecule has 0 heterocycles. The van der Waals surface area contributed by atoms with Crippen molar-refractivity contribution in [1.29, 1.82) is 0 Å². The van der Waals surface area contributed by atoms with Gasteiger partial charge in [0.1, 0.15) is 0 Å². The second-order valence-corrected chi connectivity index (χ2v) is 4.54. The van der Waals surface area contributed by atoms with E-state index in [1.807, 2.05) is 0 Å². The van der Waals surface area contributed by atoms with Crippen LogP contribution >= 0.6 is 0 Å². The summed E-state index contributed by atoms with van der Waals surface area (Å²) in [4.78, 5) is 0. The predicted molar refractivity (Wildman–Crippen MR) is 71.7 cm³/mol. The van der Waals surface area contributed by atoms with Gasteiger partial charge in [-0.15, -0.1) is 0 Å². The average Bonchev–Trinajstić information content (AvgIpc) is 2.33. The van der Waals surface area contributed by atoms with Crippen LogP contribution in [-0.2, 0) is 9.47 Å². The van der Waals surface area contributed by atoms with Crippen LogP contribution in [0, 0.1) is 0 Å². The van der Waals surface area contributed by atoms with Gasteiger partial charge in [0.25, 0.3) is 0 Å². The maximum Gasteiger partial charge on any atom is 0.0897 e. The fourth-order valence-corrected chi connectivity index (χ4v) is 1.32. The van der Waals surface area contributed by atoms with Crippen molar-refractivity contribution in [3.05, 3.63) is 0 Å². The van der Waals surface area contributed by atoms with Gasteiger partial charge in [-0.3, -0.25) is 0 Å². The summed E-state index contributed by atoms with van der Waals surface area (Å²) >= 11 is 0. The van der Waals surface area contributed by atoms with Crippen molar-refractivity contribution in [2.75, 3.05) is 39.5 Å². The van der Waals surface area contributed by atoms with E-state index in [2.05, 4.69) is 12.2 Å². The van der Waals surface area contributed by atoms with Crippen molar-refractivity contribution in [3.63, 3.8) is 0 Å². The summed E-state index contributed by atoms with van der Waals surface area (Å²) in [5, 5.41) is 21.7. The third kappa shape index (κ3) is 13.9. The zero-order chi connectivity index (χ0) is 13.6. The Morgan fingerprint density at radius 2 is 1.83 bits per heavy atom. The van der Waals surface area contributed by atoms with Gasteiger partial charge in [-0.05, 0) is 26.3 Å². The predicted octanol–water partition coefficient (Wildman–Crippen LogP) is 0.541. The average molecular weight is 263 g/mol. The number of unbranched alkanes of at least 4 members (excludes halogenated alkanes) is 1. The number of aliphatic hydroxyl groups is 2. The van der Waals surface area contributed by atoms with Gasteiger partial charge in [-0.2, -0.15) is 0 Å². The van der Waals surface area contributed by atoms with E-state index >= 15 is 0 Å². The molecule has 5 heteroatoms. The zero-order valence-corrected chi connectivity index (χ0v) is 11.7. The number of ether oxygens (including phenoxy) is 2. The number of rotatable bonds is 13. The molecule has 3 N–H and O–H groups in total. The normalized spacial score (nSPS) is 14.7. The molecule has 110 valence electrons. The van der Waals surface area contributed by atoms with Gasteiger partial charge < -0.3 is 25.0 Å². The Bertz CT molecular complexity index is 167. The lowest BCUT2D eigenvalue weighted by Crippen LogP contribution is -2.32. The van der Waals surface area contributed by atoms with Crippen LogP contribution in [0.5, 0.6) is 0 Å². The molecular weight excluding hydrogens is 234 g/mol. The maximum atomic E-state index is 9.56. The fourth-order valence-electron chi connectivity index (χ4n) is 1.32. The van der Waals surface area contributed by atoms with Gasteiger partial charge in [0.05, 0.1) is 32.0 Å². The third-order valence-electron chi connectivity index (χ3n) is 2.44. The summed E-state index contributed by atoms with van der Waals surface area (Å²) in [5.74, 6) is 0. The van der Waals surface area contributed by atoms with E-state index in [9.17, 15) is 5.11 Å². The minimum Gasteiger partial charge on any atom is -0.393 e. The SMILES string of the molecule is CCCCOCCOCC(O)CNCCC(C)O. The lowest BCUT2D eigenvalue weighted by Gasteiger charge is -2.13. The van der Waals surface area contributed by atoms with E-state index in [1.54, 1.807) is 6.92 Å². The van der Waals surface area contributed by atoms with E-state index < -0.39 is 6.10 Å². The van der Waals surface area contributed by atoms with Crippen LogP contribution in [0.15, 0.2) is 0 Å². The van der Waals surface area contributed by atoms with Crippen LogP contribution in [-0.4, -0.2) is 61.9 Å². The third-order valence-corrected chi connectivity index (χ3v) is 2.44. The molecule has 0 spiro atoms. The quantitative estimate of drug-likeness (QED) is 0.423. The van der Waals surface area contributed by atoms with E-state index in [-0.39, 0.29) is 6.10 Å². The molecule has 0 radical (unpaired) electrons. The molecule has 18 heavy (non-hydrogen) atoms. The Kier molecular flexibility index (Phi) is 13.1. The molecule has 0 aliphatic carbocycles. The summed E-state index contributed by atoms with van der Waals surface area (Å²) in [7, 11) is 0. The number of aliphatic hydroxyl groups excluding tert-OH is 2. The molecule has 0 bridgehead atoms. The Morgan fingerprint density at radius 3 is 2.50 bits per heavy atom. The van der Waals surface area contributed by atoms with Crippen molar-refractivity contribution < 1.29 is 19.7 Å². The monoisotopic (exact) mass is 263 g/mol. The molecule has 0 aliphatic heterocycles. The Balaban J connectivity index is 3.14. The molecule has 5 nitrogen and oxygen atoms in total. The van der Waals surface area contributed by atoms with Gasteiger partial charge in [-0.25, -0.2) is 0 Å². The first kappa shape index (κ1) is 17.8. The summed E-state index contributed by atoms with van der Waals surface area (Å²) in [6.45, 7) is 7.28. The highest BCUT2D eigenvalue weighted by molar-refractivity contribution is 4.59. The molecule has 0 aromatic carbocycles. The molecule has 0 rings (SSSR count). The van der Waals surface area contributed by atoms with Crippen LogP contribution < -0.4 is 5.32 Å². The molecule has 0 saturated heterocycles. The van der Waals surface area contributed by atoms with Crippen LogP contribution in [0.4, 0.5) is 0 Å². The second kappa shape index (κ2) is 13.2. The lowest BCUT2D eigenvalue weighted by atomic mass is 10.3. The van der Waals surface area contributed by atoms with Crippen molar-refractivity contribution in [2.45, 2.75) is 45.3 Å². The van der Waals surface area contributed by atoms with Crippen molar-refractivity contribution in [3.8, 4) is 0 Å². The molecule has 0 aromatic rings. The molecule has 0 aromatic heterocycles. The van der Waals surface area contributed by atoms with Gasteiger partial charge in [0, 0.05) is 13.2 Å². The van der Waals surface area contributed by atoms with Gasteiger partial charge in [-0.1, -0.05) is 13.3 Å². The molecule has 2 atom stereocenters. The van der Waals surface area contributed by atoms with Crippen LogP contribution in [0.3, 0.4) is 0 Å². The van der Waals surface area contributed by atoms with Crippen molar-refractivity contribution >= 4 is 0 Å². The lowest BCUT2D eigenvalue weighted by molar-refractivity contribution is 0.00379. The second-order valence-electron chi connectivity index (χ2n) is 4.54. The molecule has 0 aliphatic rings. The highest BCUT2D eigenvalue weighted by Gasteiger charge is 2.03. The van der Waals surface area contributed by atoms with E-state index in [0.717, 1.165) is 19.4 Å². The highest BCUT2D eigenvalue weighted by atomic mass is 16.5.